The number of benzene rings is 1. The summed E-state index contributed by atoms with van der Waals surface area (Å²) < 4.78 is 5.56. The molecule has 1 aromatic carbocycles. The van der Waals surface area contributed by atoms with Crippen molar-refractivity contribution in [2.75, 3.05) is 26.2 Å². The Morgan fingerprint density at radius 1 is 1.31 bits per heavy atom. The molecule has 1 fully saturated rings. The largest absolute Gasteiger partial charge is 0.506 e. The number of carbonyl (C=O) groups excluding carboxylic acids is 1. The third-order valence-corrected chi connectivity index (χ3v) is 5.54. The van der Waals surface area contributed by atoms with Crippen LogP contribution in [-0.4, -0.2) is 64.0 Å². The number of morpholine rings is 1. The van der Waals surface area contributed by atoms with Gasteiger partial charge in [0.05, 0.1) is 18.9 Å². The lowest BCUT2D eigenvalue weighted by Gasteiger charge is -2.28. The van der Waals surface area contributed by atoms with Crippen LogP contribution in [0.1, 0.15) is 42.5 Å². The van der Waals surface area contributed by atoms with Gasteiger partial charge >= 0.3 is 0 Å². The molecule has 2 atom stereocenters. The van der Waals surface area contributed by atoms with E-state index in [1.54, 1.807) is 6.07 Å². The molecule has 2 unspecified atom stereocenters. The number of aliphatic hydroxyl groups excluding tert-OH is 2. The number of ketones is 1. The van der Waals surface area contributed by atoms with Crippen LogP contribution in [0.25, 0.3) is 0 Å². The summed E-state index contributed by atoms with van der Waals surface area (Å²) in [6.45, 7) is 5.86. The van der Waals surface area contributed by atoms with E-state index < -0.39 is 12.7 Å². The highest BCUT2D eigenvalue weighted by molar-refractivity contribution is 5.85. The van der Waals surface area contributed by atoms with E-state index in [0.29, 0.717) is 31.7 Å². The third kappa shape index (κ3) is 6.82. The average molecular weight is 444 g/mol. The molecule has 0 saturated carbocycles. The highest BCUT2D eigenvalue weighted by Crippen LogP contribution is 2.20. The first kappa shape index (κ1) is 24.3. The highest BCUT2D eigenvalue weighted by Gasteiger charge is 2.23. The topological polar surface area (TPSA) is 124 Å². The van der Waals surface area contributed by atoms with Crippen molar-refractivity contribution in [2.24, 2.45) is 0 Å². The quantitative estimate of drug-likeness (QED) is 0.369. The van der Waals surface area contributed by atoms with Crippen LogP contribution >= 0.6 is 0 Å². The minimum atomic E-state index is -0.881. The number of hydrogen-bond acceptors (Lipinski definition) is 8. The lowest BCUT2D eigenvalue weighted by molar-refractivity contribution is -0.131. The Morgan fingerprint density at radius 2 is 2.09 bits per heavy atom. The van der Waals surface area contributed by atoms with Crippen LogP contribution in [0.2, 0.25) is 0 Å². The number of Topliss-reactive ketones (excluding diaryl/α,β-unsaturated/α-hetero) is 1. The summed E-state index contributed by atoms with van der Waals surface area (Å²) in [6.07, 6.45) is -0.222. The molecule has 0 bridgehead atoms. The summed E-state index contributed by atoms with van der Waals surface area (Å²) in [5, 5.41) is 35.9. The lowest BCUT2D eigenvalue weighted by Crippen LogP contribution is -2.44. The second-order valence-electron chi connectivity index (χ2n) is 8.84. The molecule has 32 heavy (non-hydrogen) atoms. The third-order valence-electron chi connectivity index (χ3n) is 5.54. The standard InChI is InChI=1S/C24H33N3O5/c1-24(2,26-13-22(31)18-6-7-20(29)19(15-28)27-18)12-17-5-3-4-16(10-17)11-21(30)23-14-25-8-9-32-23/h3-7,10,22-23,25-26,28-29,31H,8-9,11-15H2,1-2H3. The van der Waals surface area contributed by atoms with Crippen LogP contribution in [0.5, 0.6) is 5.75 Å². The summed E-state index contributed by atoms with van der Waals surface area (Å²) in [7, 11) is 0. The first-order valence-corrected chi connectivity index (χ1v) is 10.9. The number of ether oxygens (including phenoxy) is 1. The molecule has 5 N–H and O–H groups in total. The van der Waals surface area contributed by atoms with Crippen LogP contribution < -0.4 is 10.6 Å². The number of hydrogen-bond donors (Lipinski definition) is 5. The number of pyridine rings is 1. The van der Waals surface area contributed by atoms with Crippen molar-refractivity contribution in [3.05, 3.63) is 58.9 Å². The number of nitrogens with zero attached hydrogens (tertiary/aromatic N) is 1. The van der Waals surface area contributed by atoms with E-state index in [4.69, 9.17) is 4.74 Å². The van der Waals surface area contributed by atoms with Crippen molar-refractivity contribution in [1.29, 1.82) is 0 Å². The summed E-state index contributed by atoms with van der Waals surface area (Å²) in [6, 6.07) is 10.9. The van der Waals surface area contributed by atoms with Crippen molar-refractivity contribution in [1.82, 2.24) is 15.6 Å². The van der Waals surface area contributed by atoms with Gasteiger partial charge in [-0.05, 0) is 43.5 Å². The number of aromatic nitrogens is 1. The van der Waals surface area contributed by atoms with Crippen molar-refractivity contribution in [3.63, 3.8) is 0 Å². The highest BCUT2D eigenvalue weighted by atomic mass is 16.5. The van der Waals surface area contributed by atoms with Crippen molar-refractivity contribution in [3.8, 4) is 5.75 Å². The maximum absolute atomic E-state index is 12.5. The number of nitrogens with one attached hydrogen (secondary N) is 2. The van der Waals surface area contributed by atoms with E-state index in [2.05, 4.69) is 15.6 Å². The Kier molecular flexibility index (Phi) is 8.33. The van der Waals surface area contributed by atoms with Crippen molar-refractivity contribution < 1.29 is 24.9 Å². The molecule has 3 rings (SSSR count). The zero-order chi connectivity index (χ0) is 23.1. The van der Waals surface area contributed by atoms with Gasteiger partial charge in [0.2, 0.25) is 0 Å². The average Bonchev–Trinajstić information content (AvgIpc) is 2.78. The molecule has 8 nitrogen and oxygen atoms in total. The zero-order valence-corrected chi connectivity index (χ0v) is 18.7. The molecule has 1 aliphatic heterocycles. The minimum Gasteiger partial charge on any atom is -0.506 e. The molecule has 1 aliphatic rings. The molecule has 1 saturated heterocycles. The Labute approximate surface area is 188 Å². The normalized spacial score (nSPS) is 17.8. The molecule has 2 aromatic rings. The Balaban J connectivity index is 1.56. The summed E-state index contributed by atoms with van der Waals surface area (Å²) in [4.78, 5) is 16.6. The van der Waals surface area contributed by atoms with E-state index in [0.717, 1.165) is 17.7 Å². The second kappa shape index (κ2) is 11.0. The fourth-order valence-corrected chi connectivity index (χ4v) is 3.80. The van der Waals surface area contributed by atoms with E-state index in [1.165, 1.54) is 6.07 Å². The van der Waals surface area contributed by atoms with Gasteiger partial charge in [-0.2, -0.15) is 0 Å². The molecule has 0 amide bonds. The predicted octanol–water partition coefficient (Wildman–Crippen LogP) is 1.02. The molecule has 0 radical (unpaired) electrons. The van der Waals surface area contributed by atoms with Crippen LogP contribution in [-0.2, 0) is 29.0 Å². The Morgan fingerprint density at radius 3 is 2.81 bits per heavy atom. The molecule has 0 spiro atoms. The molecule has 1 aromatic heterocycles. The fourth-order valence-electron chi connectivity index (χ4n) is 3.80. The van der Waals surface area contributed by atoms with Crippen LogP contribution in [0.3, 0.4) is 0 Å². The van der Waals surface area contributed by atoms with Crippen LogP contribution in [0.15, 0.2) is 36.4 Å². The van der Waals surface area contributed by atoms with Crippen molar-refractivity contribution >= 4 is 5.78 Å². The zero-order valence-electron chi connectivity index (χ0n) is 18.7. The Bertz CT molecular complexity index is 912. The number of β-amino-alcohol motifs (C(OH)–C–C–N with tert-alkyl or cyclic N) is 1. The van der Waals surface area contributed by atoms with Crippen molar-refractivity contribution in [2.45, 2.75) is 51.0 Å². The van der Waals surface area contributed by atoms with Gasteiger partial charge in [0.15, 0.2) is 5.78 Å². The van der Waals surface area contributed by atoms with Gasteiger partial charge in [-0.15, -0.1) is 0 Å². The van der Waals surface area contributed by atoms with E-state index in [1.807, 2.05) is 38.1 Å². The van der Waals surface area contributed by atoms with Gasteiger partial charge in [-0.1, -0.05) is 24.3 Å². The van der Waals surface area contributed by atoms with Crippen LogP contribution in [0, 0.1) is 0 Å². The van der Waals surface area contributed by atoms with Crippen LogP contribution in [0.4, 0.5) is 0 Å². The van der Waals surface area contributed by atoms with E-state index in [9.17, 15) is 20.1 Å². The maximum Gasteiger partial charge on any atom is 0.167 e. The minimum absolute atomic E-state index is 0.0819. The monoisotopic (exact) mass is 443 g/mol. The first-order valence-electron chi connectivity index (χ1n) is 10.9. The number of aromatic hydroxyl groups is 1. The molecule has 2 heterocycles. The molecule has 0 aliphatic carbocycles. The fraction of sp³-hybridized carbons (Fsp3) is 0.500. The number of rotatable bonds is 10. The van der Waals surface area contributed by atoms with Gasteiger partial charge in [0.1, 0.15) is 23.7 Å². The van der Waals surface area contributed by atoms with E-state index >= 15 is 0 Å². The lowest BCUT2D eigenvalue weighted by atomic mass is 9.92. The van der Waals surface area contributed by atoms with Gasteiger partial charge in [-0.25, -0.2) is 4.98 Å². The number of carbonyl (C=O) groups is 1. The molecule has 174 valence electrons. The maximum atomic E-state index is 12.5. The Hall–Kier alpha value is -2.36. The first-order chi connectivity index (χ1) is 15.3. The van der Waals surface area contributed by atoms with Gasteiger partial charge in [-0.3, -0.25) is 4.79 Å². The van der Waals surface area contributed by atoms with Gasteiger partial charge in [0, 0.05) is 31.6 Å². The summed E-state index contributed by atoms with van der Waals surface area (Å²) >= 11 is 0. The molecular weight excluding hydrogens is 410 g/mol. The molecular formula is C24H33N3O5. The molecule has 8 heteroatoms. The van der Waals surface area contributed by atoms with Gasteiger partial charge in [0.25, 0.3) is 0 Å². The summed E-state index contributed by atoms with van der Waals surface area (Å²) in [5.41, 5.74) is 2.26. The second-order valence-corrected chi connectivity index (χ2v) is 8.84. The number of aliphatic hydroxyl groups is 2. The SMILES string of the molecule is CC(C)(Cc1cccc(CC(=O)C2CNCCO2)c1)NCC(O)c1ccc(O)c(CO)n1. The van der Waals surface area contributed by atoms with E-state index in [-0.39, 0.29) is 35.4 Å². The smallest absolute Gasteiger partial charge is 0.167 e. The summed E-state index contributed by atoms with van der Waals surface area (Å²) in [5.74, 6) is -0.0140. The van der Waals surface area contributed by atoms with Gasteiger partial charge < -0.3 is 30.7 Å². The predicted molar refractivity (Wildman–Crippen MR) is 120 cm³/mol.